The summed E-state index contributed by atoms with van der Waals surface area (Å²) in [5.74, 6) is -0.644. The number of ketones is 1. The van der Waals surface area contributed by atoms with Gasteiger partial charge in [-0.05, 0) is 58.8 Å². The van der Waals surface area contributed by atoms with E-state index in [4.69, 9.17) is 4.74 Å². The summed E-state index contributed by atoms with van der Waals surface area (Å²) in [6, 6.07) is 8.20. The molecule has 0 bridgehead atoms. The number of benzene rings is 1. The second-order valence-corrected chi connectivity index (χ2v) is 7.72. The maximum Gasteiger partial charge on any atom is 0.260 e. The molecule has 0 unspecified atom stereocenters. The SMILES string of the molecule is CCCOCC(=O)c1c(Cc2ccc(I)cc2F)n(C)c(=O)c2cccnc12. The summed E-state index contributed by atoms with van der Waals surface area (Å²) in [4.78, 5) is 30.1. The molecular weight excluding hydrogens is 474 g/mol. The lowest BCUT2D eigenvalue weighted by Crippen LogP contribution is -2.26. The fourth-order valence-corrected chi connectivity index (χ4v) is 3.56. The first-order valence-corrected chi connectivity index (χ1v) is 10.0. The van der Waals surface area contributed by atoms with Gasteiger partial charge in [-0.25, -0.2) is 4.39 Å². The van der Waals surface area contributed by atoms with Gasteiger partial charge in [0.25, 0.3) is 5.56 Å². The van der Waals surface area contributed by atoms with Crippen molar-refractivity contribution in [3.8, 4) is 0 Å². The first-order valence-electron chi connectivity index (χ1n) is 8.95. The first-order chi connectivity index (χ1) is 13.4. The molecule has 0 aliphatic heterocycles. The number of pyridine rings is 2. The van der Waals surface area contributed by atoms with Crippen molar-refractivity contribution in [3.63, 3.8) is 0 Å². The number of rotatable bonds is 7. The van der Waals surface area contributed by atoms with Gasteiger partial charge < -0.3 is 9.30 Å². The fourth-order valence-electron chi connectivity index (χ4n) is 3.11. The maximum absolute atomic E-state index is 14.4. The molecular formula is C21H20FIN2O3. The lowest BCUT2D eigenvalue weighted by molar-refractivity contribution is 0.0761. The van der Waals surface area contributed by atoms with Crippen molar-refractivity contribution in [3.05, 3.63) is 73.1 Å². The minimum Gasteiger partial charge on any atom is -0.373 e. The summed E-state index contributed by atoms with van der Waals surface area (Å²) in [6.45, 7) is 2.31. The predicted octanol–water partition coefficient (Wildman–Crippen LogP) is 3.88. The van der Waals surface area contributed by atoms with Crippen LogP contribution in [0.5, 0.6) is 0 Å². The van der Waals surface area contributed by atoms with E-state index in [-0.39, 0.29) is 30.2 Å². The van der Waals surface area contributed by atoms with Crippen molar-refractivity contribution in [2.45, 2.75) is 19.8 Å². The number of carbonyl (C=O) groups is 1. The van der Waals surface area contributed by atoms with E-state index in [9.17, 15) is 14.0 Å². The second kappa shape index (κ2) is 8.91. The molecule has 0 aliphatic rings. The standard InChI is InChI=1S/C21H20FIN2O3/c1-3-9-28-12-18(26)19-17(10-13-6-7-14(23)11-16(13)22)25(2)21(27)15-5-4-8-24-20(15)19/h4-8,11H,3,9-10,12H2,1-2H3. The van der Waals surface area contributed by atoms with Crippen molar-refractivity contribution in [1.29, 1.82) is 0 Å². The van der Waals surface area contributed by atoms with Crippen LogP contribution in [0.1, 0.15) is 35.0 Å². The van der Waals surface area contributed by atoms with Crippen LogP contribution in [0.2, 0.25) is 0 Å². The molecule has 28 heavy (non-hydrogen) atoms. The number of hydrogen-bond acceptors (Lipinski definition) is 4. The third-order valence-corrected chi connectivity index (χ3v) is 5.18. The molecule has 1 aromatic carbocycles. The van der Waals surface area contributed by atoms with Crippen molar-refractivity contribution < 1.29 is 13.9 Å². The number of aromatic nitrogens is 2. The molecule has 0 atom stereocenters. The van der Waals surface area contributed by atoms with Crippen LogP contribution >= 0.6 is 22.6 Å². The largest absolute Gasteiger partial charge is 0.373 e. The van der Waals surface area contributed by atoms with Crippen LogP contribution in [0, 0.1) is 9.39 Å². The molecule has 0 amide bonds. The van der Waals surface area contributed by atoms with E-state index in [1.807, 2.05) is 29.5 Å². The molecule has 0 spiro atoms. The Balaban J connectivity index is 2.19. The van der Waals surface area contributed by atoms with Gasteiger partial charge in [-0.1, -0.05) is 13.0 Å². The van der Waals surface area contributed by atoms with Crippen LogP contribution in [-0.4, -0.2) is 28.5 Å². The minimum absolute atomic E-state index is 0.107. The van der Waals surface area contributed by atoms with Gasteiger partial charge in [-0.3, -0.25) is 14.6 Å². The maximum atomic E-state index is 14.4. The van der Waals surface area contributed by atoms with E-state index in [0.717, 1.165) is 9.99 Å². The molecule has 0 saturated carbocycles. The van der Waals surface area contributed by atoms with Crippen LogP contribution < -0.4 is 5.56 Å². The lowest BCUT2D eigenvalue weighted by atomic mass is 9.99. The number of fused-ring (bicyclic) bond motifs is 1. The minimum atomic E-state index is -0.374. The summed E-state index contributed by atoms with van der Waals surface area (Å²) >= 11 is 2.04. The third kappa shape index (κ3) is 4.15. The van der Waals surface area contributed by atoms with Crippen LogP contribution in [0.3, 0.4) is 0 Å². The van der Waals surface area contributed by atoms with E-state index in [1.54, 1.807) is 37.5 Å². The third-order valence-electron chi connectivity index (χ3n) is 4.51. The Bertz CT molecular complexity index is 1090. The quantitative estimate of drug-likeness (QED) is 0.284. The van der Waals surface area contributed by atoms with Crippen molar-refractivity contribution in [2.24, 2.45) is 7.05 Å². The van der Waals surface area contributed by atoms with Gasteiger partial charge in [0, 0.05) is 35.5 Å². The molecule has 3 aromatic rings. The topological polar surface area (TPSA) is 61.2 Å². The number of nitrogens with zero attached hydrogens (tertiary/aromatic N) is 2. The van der Waals surface area contributed by atoms with Gasteiger partial charge in [0.15, 0.2) is 5.78 Å². The second-order valence-electron chi connectivity index (χ2n) is 6.47. The van der Waals surface area contributed by atoms with E-state index in [2.05, 4.69) is 4.98 Å². The lowest BCUT2D eigenvalue weighted by Gasteiger charge is -2.16. The van der Waals surface area contributed by atoms with E-state index >= 15 is 0 Å². The summed E-state index contributed by atoms with van der Waals surface area (Å²) in [5, 5.41) is 0.357. The van der Waals surface area contributed by atoms with Gasteiger partial charge >= 0.3 is 0 Å². The average molecular weight is 494 g/mol. The van der Waals surface area contributed by atoms with Crippen molar-refractivity contribution in [1.82, 2.24) is 9.55 Å². The van der Waals surface area contributed by atoms with Crippen molar-refractivity contribution in [2.75, 3.05) is 13.2 Å². The highest BCUT2D eigenvalue weighted by atomic mass is 127. The Labute approximate surface area is 175 Å². The number of hydrogen-bond donors (Lipinski definition) is 0. The smallest absolute Gasteiger partial charge is 0.260 e. The van der Waals surface area contributed by atoms with Gasteiger partial charge in [0.05, 0.1) is 16.5 Å². The average Bonchev–Trinajstić information content (AvgIpc) is 2.68. The van der Waals surface area contributed by atoms with Crippen LogP contribution in [0.4, 0.5) is 4.39 Å². The number of Topliss-reactive ketones (excluding diaryl/α,β-unsaturated/α-hetero) is 1. The Morgan fingerprint density at radius 2 is 2.11 bits per heavy atom. The van der Waals surface area contributed by atoms with Gasteiger partial charge in [-0.2, -0.15) is 0 Å². The fraction of sp³-hybridized carbons (Fsp3) is 0.286. The van der Waals surface area contributed by atoms with Crippen molar-refractivity contribution >= 4 is 39.3 Å². The summed E-state index contributed by atoms with van der Waals surface area (Å²) in [7, 11) is 1.60. The molecule has 0 N–H and O–H groups in total. The molecule has 0 fully saturated rings. The summed E-state index contributed by atoms with van der Waals surface area (Å²) < 4.78 is 22.1. The van der Waals surface area contributed by atoms with E-state index < -0.39 is 0 Å². The van der Waals surface area contributed by atoms with Gasteiger partial charge in [0.2, 0.25) is 0 Å². The zero-order chi connectivity index (χ0) is 20.3. The Morgan fingerprint density at radius 3 is 2.82 bits per heavy atom. The molecule has 7 heteroatoms. The zero-order valence-electron chi connectivity index (χ0n) is 15.7. The molecule has 2 aromatic heterocycles. The summed E-state index contributed by atoms with van der Waals surface area (Å²) in [6.07, 6.45) is 2.44. The molecule has 2 heterocycles. The molecule has 0 radical (unpaired) electrons. The Morgan fingerprint density at radius 1 is 1.32 bits per heavy atom. The van der Waals surface area contributed by atoms with Gasteiger partial charge in [0.1, 0.15) is 12.4 Å². The highest BCUT2D eigenvalue weighted by molar-refractivity contribution is 14.1. The summed E-state index contributed by atoms with van der Waals surface area (Å²) in [5.41, 5.74) is 1.22. The monoisotopic (exact) mass is 494 g/mol. The Kier molecular flexibility index (Phi) is 6.56. The number of ether oxygens (including phenoxy) is 1. The predicted molar refractivity (Wildman–Crippen MR) is 114 cm³/mol. The van der Waals surface area contributed by atoms with Gasteiger partial charge in [-0.15, -0.1) is 0 Å². The van der Waals surface area contributed by atoms with Crippen LogP contribution in [0.15, 0.2) is 41.3 Å². The van der Waals surface area contributed by atoms with Crippen LogP contribution in [-0.2, 0) is 18.2 Å². The van der Waals surface area contributed by atoms with Crippen LogP contribution in [0.25, 0.3) is 10.9 Å². The normalized spacial score (nSPS) is 11.1. The molecule has 3 rings (SSSR count). The molecule has 0 aliphatic carbocycles. The highest BCUT2D eigenvalue weighted by Gasteiger charge is 2.22. The number of halogens is 2. The molecule has 0 saturated heterocycles. The first kappa shape index (κ1) is 20.6. The zero-order valence-corrected chi connectivity index (χ0v) is 17.8. The van der Waals surface area contributed by atoms with E-state index in [1.165, 1.54) is 10.6 Å². The van der Waals surface area contributed by atoms with E-state index in [0.29, 0.717) is 34.3 Å². The molecule has 146 valence electrons. The molecule has 5 nitrogen and oxygen atoms in total. The highest BCUT2D eigenvalue weighted by Crippen LogP contribution is 2.23. The number of carbonyl (C=O) groups excluding carboxylic acids is 1. The Hall–Kier alpha value is -2.13.